The highest BCUT2D eigenvalue weighted by Crippen LogP contribution is 2.24. The van der Waals surface area contributed by atoms with Crippen molar-refractivity contribution in [2.45, 2.75) is 13.0 Å². The van der Waals surface area contributed by atoms with Crippen LogP contribution in [0.5, 0.6) is 11.5 Å². The number of phenols is 1. The van der Waals surface area contributed by atoms with Crippen LogP contribution in [0.2, 0.25) is 0 Å². The molecule has 0 aliphatic heterocycles. The Morgan fingerprint density at radius 1 is 1.15 bits per heavy atom. The van der Waals surface area contributed by atoms with E-state index in [-0.39, 0.29) is 30.1 Å². The number of aliphatic carboxylic acids is 1. The van der Waals surface area contributed by atoms with Gasteiger partial charge in [-0.25, -0.2) is 4.79 Å². The number of nitrogens with zero attached hydrogens (tertiary/aromatic N) is 1. The first-order valence-corrected chi connectivity index (χ1v) is 7.63. The third kappa shape index (κ3) is 6.50. The molecule has 0 fully saturated rings. The summed E-state index contributed by atoms with van der Waals surface area (Å²) >= 11 is 0. The second-order valence-electron chi connectivity index (χ2n) is 5.36. The molecule has 0 aliphatic carbocycles. The van der Waals surface area contributed by atoms with E-state index in [0.717, 1.165) is 6.08 Å². The molecule has 0 saturated heterocycles. The van der Waals surface area contributed by atoms with Gasteiger partial charge in [-0.15, -0.1) is 10.1 Å². The van der Waals surface area contributed by atoms with Gasteiger partial charge in [0.1, 0.15) is 18.1 Å². The van der Waals surface area contributed by atoms with Gasteiger partial charge in [-0.3, -0.25) is 4.79 Å². The zero-order chi connectivity index (χ0) is 19.8. The molecule has 0 amide bonds. The van der Waals surface area contributed by atoms with Crippen LogP contribution in [0.15, 0.2) is 48.5 Å². The van der Waals surface area contributed by atoms with Crippen LogP contribution >= 0.6 is 0 Å². The quantitative estimate of drug-likeness (QED) is 0.237. The number of aromatic hydroxyl groups is 1. The molecule has 9 heteroatoms. The molecule has 2 rings (SSSR count). The molecule has 0 atom stereocenters. The van der Waals surface area contributed by atoms with Gasteiger partial charge in [-0.2, -0.15) is 0 Å². The average Bonchev–Trinajstić information content (AvgIpc) is 2.60. The molecule has 0 unspecified atom stereocenters. The summed E-state index contributed by atoms with van der Waals surface area (Å²) in [6.07, 6.45) is 1.93. The van der Waals surface area contributed by atoms with Crippen molar-refractivity contribution in [1.29, 1.82) is 0 Å². The zero-order valence-corrected chi connectivity index (χ0v) is 13.9. The van der Waals surface area contributed by atoms with Gasteiger partial charge in [0.05, 0.1) is 6.42 Å². The number of ether oxygens (including phenoxy) is 1. The Kier molecular flexibility index (Phi) is 6.48. The third-order valence-electron chi connectivity index (χ3n) is 3.31. The number of phenolic OH excluding ortho intramolecular Hbond substituents is 1. The smallest absolute Gasteiger partial charge is 0.328 e. The number of benzene rings is 2. The summed E-state index contributed by atoms with van der Waals surface area (Å²) in [5, 5.41) is 27.7. The minimum Gasteiger partial charge on any atom is -0.507 e. The highest BCUT2D eigenvalue weighted by atomic mass is 16.9. The minimum atomic E-state index is -1.18. The van der Waals surface area contributed by atoms with E-state index >= 15 is 0 Å². The van der Waals surface area contributed by atoms with Crippen molar-refractivity contribution in [2.24, 2.45) is 0 Å². The molecule has 2 aromatic rings. The predicted molar refractivity (Wildman–Crippen MR) is 92.3 cm³/mol. The molecular weight excluding hydrogens is 358 g/mol. The minimum absolute atomic E-state index is 0.0898. The lowest BCUT2D eigenvalue weighted by molar-refractivity contribution is -0.763. The summed E-state index contributed by atoms with van der Waals surface area (Å²) in [5.41, 5.74) is 1.29. The van der Waals surface area contributed by atoms with Gasteiger partial charge in [-0.05, 0) is 35.4 Å². The summed E-state index contributed by atoms with van der Waals surface area (Å²) < 4.78 is 5.19. The topological polar surface area (TPSA) is 136 Å². The Bertz CT molecular complexity index is 891. The highest BCUT2D eigenvalue weighted by Gasteiger charge is 2.09. The van der Waals surface area contributed by atoms with E-state index in [2.05, 4.69) is 4.84 Å². The fourth-order valence-electron chi connectivity index (χ4n) is 2.18. The van der Waals surface area contributed by atoms with Crippen molar-refractivity contribution in [3.8, 4) is 11.5 Å². The number of carbonyl (C=O) groups is 2. The van der Waals surface area contributed by atoms with Gasteiger partial charge in [0, 0.05) is 11.6 Å². The lowest BCUT2D eigenvalue weighted by atomic mass is 10.1. The lowest BCUT2D eigenvalue weighted by Gasteiger charge is -2.07. The Morgan fingerprint density at radius 2 is 1.89 bits per heavy atom. The first kappa shape index (κ1) is 19.4. The van der Waals surface area contributed by atoms with E-state index in [9.17, 15) is 24.8 Å². The van der Waals surface area contributed by atoms with Crippen molar-refractivity contribution < 1.29 is 34.5 Å². The molecule has 27 heavy (non-hydrogen) atoms. The molecule has 2 aromatic carbocycles. The van der Waals surface area contributed by atoms with Crippen molar-refractivity contribution in [3.63, 3.8) is 0 Å². The molecule has 0 radical (unpaired) electrons. The van der Waals surface area contributed by atoms with Crippen LogP contribution in [0.4, 0.5) is 0 Å². The van der Waals surface area contributed by atoms with E-state index in [1.165, 1.54) is 24.3 Å². The Hall–Kier alpha value is -3.88. The largest absolute Gasteiger partial charge is 0.507 e. The number of esters is 1. The van der Waals surface area contributed by atoms with Gasteiger partial charge < -0.3 is 19.8 Å². The van der Waals surface area contributed by atoms with Crippen molar-refractivity contribution in [2.75, 3.05) is 0 Å². The standard InChI is InChI=1S/C18H15NO8/c20-16-6-5-15(10-14(16)4-7-17(21)22)27-18(23)9-12-2-1-3-13(8-12)11-26-19(24)25/h1-8,10,20H,9,11H2,(H,21,22). The lowest BCUT2D eigenvalue weighted by Crippen LogP contribution is -2.11. The van der Waals surface area contributed by atoms with E-state index in [1.54, 1.807) is 24.3 Å². The molecule has 2 N–H and O–H groups in total. The molecule has 9 nitrogen and oxygen atoms in total. The highest BCUT2D eigenvalue weighted by molar-refractivity contribution is 5.86. The fourth-order valence-corrected chi connectivity index (χ4v) is 2.18. The molecule has 0 heterocycles. The molecular formula is C18H15NO8. The molecule has 0 spiro atoms. The first-order chi connectivity index (χ1) is 12.8. The SMILES string of the molecule is O=C(O)C=Cc1cc(OC(=O)Cc2cccc(CO[N+](=O)[O-])c2)ccc1O. The summed E-state index contributed by atoms with van der Waals surface area (Å²) in [7, 11) is 0. The summed E-state index contributed by atoms with van der Waals surface area (Å²) in [6, 6.07) is 10.5. The van der Waals surface area contributed by atoms with Gasteiger partial charge >= 0.3 is 11.9 Å². The summed E-state index contributed by atoms with van der Waals surface area (Å²) in [4.78, 5) is 37.2. The number of carboxylic acids is 1. The molecule has 0 saturated carbocycles. The first-order valence-electron chi connectivity index (χ1n) is 7.63. The monoisotopic (exact) mass is 373 g/mol. The Balaban J connectivity index is 2.03. The van der Waals surface area contributed by atoms with Gasteiger partial charge in [0.15, 0.2) is 0 Å². The van der Waals surface area contributed by atoms with Crippen LogP contribution in [0.3, 0.4) is 0 Å². The van der Waals surface area contributed by atoms with Crippen molar-refractivity contribution >= 4 is 18.0 Å². The summed E-state index contributed by atoms with van der Waals surface area (Å²) in [6.45, 7) is -0.229. The van der Waals surface area contributed by atoms with Crippen LogP contribution in [0, 0.1) is 10.1 Å². The van der Waals surface area contributed by atoms with Crippen LogP contribution in [-0.4, -0.2) is 27.2 Å². The van der Waals surface area contributed by atoms with E-state index in [1.807, 2.05) is 0 Å². The van der Waals surface area contributed by atoms with Crippen molar-refractivity contribution in [3.05, 3.63) is 75.3 Å². The molecule has 0 bridgehead atoms. The van der Waals surface area contributed by atoms with E-state index < -0.39 is 17.0 Å². The second-order valence-corrected chi connectivity index (χ2v) is 5.36. The number of hydrogen-bond donors (Lipinski definition) is 2. The Labute approximate surface area is 153 Å². The molecule has 140 valence electrons. The maximum Gasteiger partial charge on any atom is 0.328 e. The maximum absolute atomic E-state index is 12.1. The number of carbonyl (C=O) groups excluding carboxylic acids is 1. The molecule has 0 aliphatic rings. The van der Waals surface area contributed by atoms with E-state index in [4.69, 9.17) is 9.84 Å². The van der Waals surface area contributed by atoms with E-state index in [0.29, 0.717) is 11.1 Å². The fraction of sp³-hybridized carbons (Fsp3) is 0.111. The van der Waals surface area contributed by atoms with Gasteiger partial charge in [-0.1, -0.05) is 24.3 Å². The average molecular weight is 373 g/mol. The third-order valence-corrected chi connectivity index (χ3v) is 3.31. The second kappa shape index (κ2) is 8.99. The van der Waals surface area contributed by atoms with Crippen LogP contribution in [0.25, 0.3) is 6.08 Å². The zero-order valence-electron chi connectivity index (χ0n) is 13.9. The van der Waals surface area contributed by atoms with Crippen molar-refractivity contribution in [1.82, 2.24) is 0 Å². The Morgan fingerprint density at radius 3 is 2.59 bits per heavy atom. The van der Waals surface area contributed by atoms with Gasteiger partial charge in [0.25, 0.3) is 5.09 Å². The van der Waals surface area contributed by atoms with Crippen LogP contribution in [-0.2, 0) is 27.5 Å². The normalized spacial score (nSPS) is 10.5. The van der Waals surface area contributed by atoms with Crippen LogP contribution in [0.1, 0.15) is 16.7 Å². The predicted octanol–water partition coefficient (Wildman–Crippen LogP) is 2.35. The number of carboxylic acid groups (broad SMARTS) is 1. The number of rotatable bonds is 8. The molecule has 0 aromatic heterocycles. The maximum atomic E-state index is 12.1. The summed E-state index contributed by atoms with van der Waals surface area (Å²) in [5.74, 6) is -1.81. The van der Waals surface area contributed by atoms with Crippen LogP contribution < -0.4 is 4.74 Å². The number of hydrogen-bond acceptors (Lipinski definition) is 7. The van der Waals surface area contributed by atoms with Gasteiger partial charge in [0.2, 0.25) is 0 Å².